The number of fused-ring (bicyclic) bond motifs is 1. The van der Waals surface area contributed by atoms with Gasteiger partial charge in [-0.1, -0.05) is 0 Å². The van der Waals surface area contributed by atoms with E-state index < -0.39 is 0 Å². The van der Waals surface area contributed by atoms with Gasteiger partial charge in [0.05, 0.1) is 60.8 Å². The van der Waals surface area contributed by atoms with Crippen molar-refractivity contribution in [3.63, 3.8) is 0 Å². The standard InChI is InChI=1S/C30H30N8O3/c1-3-41-23-8-24(28-20(12-31)14-35-37(28)17-23)25-15-33-26(16-32-25)38-21-6-18-7-22(38)11-30(9-18,10-21)36-29(39)19-4-5-27(40-2)34-13-19/h4-5,8,13-18,21-22H,3,6-7,9-11H2,1-2H3,(H,36,39)/t18-,21-,22+,30-. The van der Waals surface area contributed by atoms with E-state index in [-0.39, 0.29) is 23.5 Å². The zero-order valence-electron chi connectivity index (χ0n) is 22.9. The van der Waals surface area contributed by atoms with Crippen LogP contribution < -0.4 is 19.7 Å². The Labute approximate surface area is 237 Å². The van der Waals surface area contributed by atoms with Gasteiger partial charge in [0.25, 0.3) is 5.91 Å². The summed E-state index contributed by atoms with van der Waals surface area (Å²) in [5.41, 5.74) is 2.87. The Bertz CT molecular complexity index is 1640. The zero-order chi connectivity index (χ0) is 28.1. The lowest BCUT2D eigenvalue weighted by Gasteiger charge is -2.62. The fourth-order valence-electron chi connectivity index (χ4n) is 7.31. The average Bonchev–Trinajstić information content (AvgIpc) is 3.40. The van der Waals surface area contributed by atoms with Gasteiger partial charge in [-0.2, -0.15) is 10.4 Å². The van der Waals surface area contributed by atoms with Gasteiger partial charge in [-0.05, 0) is 57.1 Å². The number of carbonyl (C=O) groups excluding carboxylic acids is 1. The van der Waals surface area contributed by atoms with E-state index in [0.717, 1.165) is 43.5 Å². The van der Waals surface area contributed by atoms with Crippen LogP contribution in [0.1, 0.15) is 54.9 Å². The van der Waals surface area contributed by atoms with Crippen LogP contribution in [0, 0.1) is 17.2 Å². The van der Waals surface area contributed by atoms with Crippen molar-refractivity contribution in [3.05, 3.63) is 60.3 Å². The van der Waals surface area contributed by atoms with Crippen LogP contribution in [-0.2, 0) is 0 Å². The first-order valence-electron chi connectivity index (χ1n) is 14.0. The molecule has 1 N–H and O–H groups in total. The Balaban J connectivity index is 1.14. The highest BCUT2D eigenvalue weighted by molar-refractivity contribution is 5.94. The first kappa shape index (κ1) is 25.3. The second-order valence-corrected chi connectivity index (χ2v) is 11.2. The molecule has 0 aromatic carbocycles. The summed E-state index contributed by atoms with van der Waals surface area (Å²) < 4.78 is 12.5. The number of rotatable bonds is 7. The van der Waals surface area contributed by atoms with Crippen molar-refractivity contribution in [2.24, 2.45) is 5.92 Å². The summed E-state index contributed by atoms with van der Waals surface area (Å²) >= 11 is 0. The van der Waals surface area contributed by atoms with Gasteiger partial charge in [0.1, 0.15) is 17.6 Å². The molecule has 0 unspecified atom stereocenters. The smallest absolute Gasteiger partial charge is 0.253 e. The largest absolute Gasteiger partial charge is 0.492 e. The highest BCUT2D eigenvalue weighted by Gasteiger charge is 2.55. The van der Waals surface area contributed by atoms with Gasteiger partial charge in [-0.25, -0.2) is 14.5 Å². The third-order valence-electron chi connectivity index (χ3n) is 8.71. The van der Waals surface area contributed by atoms with Crippen LogP contribution >= 0.6 is 0 Å². The molecule has 0 spiro atoms. The van der Waals surface area contributed by atoms with E-state index in [1.54, 1.807) is 48.5 Å². The minimum Gasteiger partial charge on any atom is -0.492 e. The third-order valence-corrected chi connectivity index (χ3v) is 8.71. The Morgan fingerprint density at radius 2 is 1.95 bits per heavy atom. The van der Waals surface area contributed by atoms with Gasteiger partial charge in [-0.3, -0.25) is 9.78 Å². The van der Waals surface area contributed by atoms with Crippen LogP contribution in [-0.4, -0.2) is 61.8 Å². The predicted octanol–water partition coefficient (Wildman–Crippen LogP) is 3.79. The Kier molecular flexibility index (Phi) is 5.99. The summed E-state index contributed by atoms with van der Waals surface area (Å²) in [6.45, 7) is 2.44. The average molecular weight is 551 g/mol. The van der Waals surface area contributed by atoms with Gasteiger partial charge in [0.15, 0.2) is 0 Å². The minimum absolute atomic E-state index is 0.0880. The molecule has 4 atom stereocenters. The number of pyridine rings is 2. The molecule has 8 rings (SSSR count). The molecule has 2 saturated carbocycles. The lowest BCUT2D eigenvalue weighted by Crippen LogP contribution is -2.69. The molecular formula is C30H30N8O3. The number of anilines is 1. The van der Waals surface area contributed by atoms with Crippen molar-refractivity contribution in [2.75, 3.05) is 18.6 Å². The monoisotopic (exact) mass is 550 g/mol. The number of methoxy groups -OCH3 is 1. The maximum absolute atomic E-state index is 13.2. The Morgan fingerprint density at radius 3 is 2.61 bits per heavy atom. The SMILES string of the molecule is CCOc1cc(-c2cnc(N3[C@@H]4C[C@@H]5C[C@H]3C[C@@](NC(=O)c3ccc(OC)nc3)(C5)C4)cn2)c2c(C#N)cnn2c1. The van der Waals surface area contributed by atoms with Crippen molar-refractivity contribution in [1.29, 1.82) is 5.26 Å². The Hall–Kier alpha value is -4.72. The molecule has 6 heterocycles. The van der Waals surface area contributed by atoms with E-state index in [1.807, 2.05) is 19.2 Å². The van der Waals surface area contributed by atoms with Gasteiger partial charge < -0.3 is 19.7 Å². The number of carbonyl (C=O) groups is 1. The fourth-order valence-corrected chi connectivity index (χ4v) is 7.31. The van der Waals surface area contributed by atoms with Crippen LogP contribution in [0.25, 0.3) is 16.8 Å². The van der Waals surface area contributed by atoms with Crippen LogP contribution in [0.15, 0.2) is 49.2 Å². The van der Waals surface area contributed by atoms with E-state index in [0.29, 0.717) is 46.5 Å². The summed E-state index contributed by atoms with van der Waals surface area (Å²) in [4.78, 5) is 29.5. The molecule has 11 heteroatoms. The number of amides is 1. The van der Waals surface area contributed by atoms with Gasteiger partial charge in [-0.15, -0.1) is 0 Å². The molecule has 4 bridgehead atoms. The number of nitriles is 1. The van der Waals surface area contributed by atoms with Crippen LogP contribution in [0.2, 0.25) is 0 Å². The van der Waals surface area contributed by atoms with Crippen LogP contribution in [0.3, 0.4) is 0 Å². The lowest BCUT2D eigenvalue weighted by molar-refractivity contribution is 0.0358. The van der Waals surface area contributed by atoms with E-state index in [1.165, 1.54) is 0 Å². The van der Waals surface area contributed by atoms with E-state index in [4.69, 9.17) is 19.4 Å². The van der Waals surface area contributed by atoms with Crippen LogP contribution in [0.5, 0.6) is 11.6 Å². The van der Waals surface area contributed by atoms with Gasteiger partial charge in [0, 0.05) is 35.4 Å². The number of ether oxygens (including phenoxy) is 2. The highest BCUT2D eigenvalue weighted by Crippen LogP contribution is 2.52. The van der Waals surface area contributed by atoms with Gasteiger partial charge >= 0.3 is 0 Å². The number of piperidine rings is 2. The number of hydrogen-bond acceptors (Lipinski definition) is 9. The molecule has 4 aromatic rings. The molecule has 2 aliphatic carbocycles. The molecule has 208 valence electrons. The number of hydrogen-bond donors (Lipinski definition) is 1. The molecular weight excluding hydrogens is 520 g/mol. The van der Waals surface area contributed by atoms with E-state index in [2.05, 4.69) is 26.4 Å². The maximum Gasteiger partial charge on any atom is 0.253 e. The quantitative estimate of drug-likeness (QED) is 0.365. The summed E-state index contributed by atoms with van der Waals surface area (Å²) in [5.74, 6) is 2.47. The summed E-state index contributed by atoms with van der Waals surface area (Å²) in [7, 11) is 1.56. The third kappa shape index (κ3) is 4.30. The molecule has 1 amide bonds. The molecule has 11 nitrogen and oxygen atoms in total. The first-order valence-corrected chi connectivity index (χ1v) is 14.0. The normalized spacial score (nSPS) is 24.3. The van der Waals surface area contributed by atoms with Crippen molar-refractivity contribution in [2.45, 2.75) is 56.7 Å². The van der Waals surface area contributed by atoms with Gasteiger partial charge in [0.2, 0.25) is 5.88 Å². The second-order valence-electron chi connectivity index (χ2n) is 11.2. The fraction of sp³-hybridized carbons (Fsp3) is 0.400. The van der Waals surface area contributed by atoms with Crippen LogP contribution in [0.4, 0.5) is 5.82 Å². The van der Waals surface area contributed by atoms with Crippen molar-refractivity contribution < 1.29 is 14.3 Å². The minimum atomic E-state index is -0.224. The van der Waals surface area contributed by atoms with Crippen molar-refractivity contribution in [1.82, 2.24) is 29.9 Å². The van der Waals surface area contributed by atoms with E-state index >= 15 is 0 Å². The highest BCUT2D eigenvalue weighted by atomic mass is 16.5. The second kappa shape index (κ2) is 9.73. The Morgan fingerprint density at radius 1 is 1.12 bits per heavy atom. The number of nitrogens with one attached hydrogen (secondary N) is 1. The summed E-state index contributed by atoms with van der Waals surface area (Å²) in [6, 6.07) is 8.14. The molecule has 4 aromatic heterocycles. The number of aromatic nitrogens is 5. The molecule has 4 aliphatic rings. The van der Waals surface area contributed by atoms with Crippen molar-refractivity contribution in [3.8, 4) is 29.0 Å². The predicted molar refractivity (Wildman–Crippen MR) is 150 cm³/mol. The summed E-state index contributed by atoms with van der Waals surface area (Å²) in [6.07, 6.45) is 13.4. The zero-order valence-corrected chi connectivity index (χ0v) is 22.9. The molecule has 4 fully saturated rings. The lowest BCUT2D eigenvalue weighted by atomic mass is 9.59. The topological polar surface area (TPSA) is 131 Å². The van der Waals surface area contributed by atoms with E-state index in [9.17, 15) is 10.1 Å². The first-order chi connectivity index (χ1) is 20.0. The maximum atomic E-state index is 13.2. The van der Waals surface area contributed by atoms with Crippen molar-refractivity contribution >= 4 is 17.2 Å². The molecule has 41 heavy (non-hydrogen) atoms. The number of nitrogens with zero attached hydrogens (tertiary/aromatic N) is 7. The molecule has 2 aliphatic heterocycles. The summed E-state index contributed by atoms with van der Waals surface area (Å²) in [5, 5.41) is 17.4. The molecule has 2 saturated heterocycles. The molecule has 0 radical (unpaired) electrons.